The minimum absolute atomic E-state index is 0.222. The van der Waals surface area contributed by atoms with Crippen molar-refractivity contribution in [2.24, 2.45) is 0 Å². The first-order valence-corrected chi connectivity index (χ1v) is 3.53. The highest BCUT2D eigenvalue weighted by molar-refractivity contribution is 5.73. The number of carboxylic acid groups (broad SMARTS) is 1. The molecule has 0 aliphatic carbocycles. The molecule has 7 nitrogen and oxygen atoms in total. The molecule has 0 aliphatic heterocycles. The molecule has 0 saturated heterocycles. The van der Waals surface area contributed by atoms with Gasteiger partial charge in [-0.15, -0.1) is 0 Å². The molecule has 7 heteroatoms. The highest BCUT2D eigenvalue weighted by atomic mass is 16.4. The summed E-state index contributed by atoms with van der Waals surface area (Å²) < 4.78 is 0. The number of nitrogens with one attached hydrogen (secondary N) is 2. The van der Waals surface area contributed by atoms with Crippen molar-refractivity contribution in [1.82, 2.24) is 10.6 Å². The molecule has 0 aromatic carbocycles. The van der Waals surface area contributed by atoms with E-state index in [1.807, 2.05) is 10.6 Å². The molecule has 0 radical (unpaired) electrons. The first-order valence-electron chi connectivity index (χ1n) is 3.53. The van der Waals surface area contributed by atoms with Crippen LogP contribution < -0.4 is 10.6 Å². The van der Waals surface area contributed by atoms with Crippen LogP contribution in [0.4, 0.5) is 4.79 Å². The van der Waals surface area contributed by atoms with E-state index in [0.29, 0.717) is 0 Å². The molecule has 2 amide bonds. The van der Waals surface area contributed by atoms with Gasteiger partial charge in [0.25, 0.3) is 0 Å². The number of carbonyl (C=O) groups is 2. The molecular formula is C6H14N2O5. The average Bonchev–Trinajstić information content (AvgIpc) is 2.06. The standard InChI is InChI=1S/C3H8N2O3.C3H6O2/c6-1-4-3(8)5-2-7;1-2-3(4)5/h6-7H,1-2H2,(H2,4,5,8);2H2,1H3,(H,4,5). The maximum Gasteiger partial charge on any atom is 0.318 e. The van der Waals surface area contributed by atoms with E-state index in [0.717, 1.165) is 0 Å². The fraction of sp³-hybridized carbons (Fsp3) is 0.667. The van der Waals surface area contributed by atoms with Gasteiger partial charge in [0, 0.05) is 6.42 Å². The quantitative estimate of drug-likeness (QED) is 0.356. The van der Waals surface area contributed by atoms with Gasteiger partial charge in [0.1, 0.15) is 13.5 Å². The number of aliphatic hydroxyl groups is 2. The minimum atomic E-state index is -0.745. The van der Waals surface area contributed by atoms with Crippen molar-refractivity contribution in [3.63, 3.8) is 0 Å². The van der Waals surface area contributed by atoms with Crippen molar-refractivity contribution in [3.8, 4) is 0 Å². The maximum atomic E-state index is 10.1. The summed E-state index contributed by atoms with van der Waals surface area (Å²) in [5, 5.41) is 27.7. The summed E-state index contributed by atoms with van der Waals surface area (Å²) in [7, 11) is 0. The lowest BCUT2D eigenvalue weighted by Crippen LogP contribution is -2.36. The van der Waals surface area contributed by atoms with E-state index < -0.39 is 25.5 Å². The Morgan fingerprint density at radius 1 is 1.15 bits per heavy atom. The third-order valence-electron chi connectivity index (χ3n) is 0.782. The van der Waals surface area contributed by atoms with E-state index >= 15 is 0 Å². The van der Waals surface area contributed by atoms with Crippen LogP contribution in [0.2, 0.25) is 0 Å². The predicted octanol–water partition coefficient (Wildman–Crippen LogP) is -1.33. The highest BCUT2D eigenvalue weighted by Crippen LogP contribution is 1.67. The van der Waals surface area contributed by atoms with Crippen LogP contribution in [0.1, 0.15) is 13.3 Å². The molecule has 0 aromatic rings. The summed E-state index contributed by atoms with van der Waals surface area (Å²) in [4.78, 5) is 19.5. The van der Waals surface area contributed by atoms with E-state index in [-0.39, 0.29) is 6.42 Å². The Balaban J connectivity index is 0. The summed E-state index contributed by atoms with van der Waals surface area (Å²) in [5.74, 6) is -0.745. The van der Waals surface area contributed by atoms with Crippen LogP contribution in [0.15, 0.2) is 0 Å². The van der Waals surface area contributed by atoms with Gasteiger partial charge >= 0.3 is 12.0 Å². The Kier molecular flexibility index (Phi) is 11.6. The molecule has 0 heterocycles. The van der Waals surface area contributed by atoms with E-state index in [9.17, 15) is 9.59 Å². The van der Waals surface area contributed by atoms with Crippen molar-refractivity contribution in [3.05, 3.63) is 0 Å². The molecule has 0 saturated carbocycles. The largest absolute Gasteiger partial charge is 0.481 e. The van der Waals surface area contributed by atoms with Crippen LogP contribution >= 0.6 is 0 Å². The number of aliphatic hydroxyl groups excluding tert-OH is 2. The summed E-state index contributed by atoms with van der Waals surface area (Å²) in [6.07, 6.45) is 0.222. The predicted molar refractivity (Wildman–Crippen MR) is 43.8 cm³/mol. The van der Waals surface area contributed by atoms with Crippen molar-refractivity contribution in [2.75, 3.05) is 13.5 Å². The first-order chi connectivity index (χ1) is 6.08. The summed E-state index contributed by atoms with van der Waals surface area (Å²) in [6, 6.07) is -0.588. The zero-order valence-electron chi connectivity index (χ0n) is 7.28. The second-order valence-corrected chi connectivity index (χ2v) is 1.75. The smallest absolute Gasteiger partial charge is 0.318 e. The third-order valence-corrected chi connectivity index (χ3v) is 0.782. The molecule has 5 N–H and O–H groups in total. The molecule has 13 heavy (non-hydrogen) atoms. The van der Waals surface area contributed by atoms with Crippen LogP contribution in [-0.4, -0.2) is 40.8 Å². The highest BCUT2D eigenvalue weighted by Gasteiger charge is 1.91. The van der Waals surface area contributed by atoms with E-state index in [2.05, 4.69) is 0 Å². The van der Waals surface area contributed by atoms with Gasteiger partial charge in [-0.3, -0.25) is 4.79 Å². The summed E-state index contributed by atoms with van der Waals surface area (Å²) in [6.45, 7) is 0.750. The van der Waals surface area contributed by atoms with E-state index in [1.54, 1.807) is 6.92 Å². The zero-order chi connectivity index (χ0) is 10.7. The van der Waals surface area contributed by atoms with Crippen molar-refractivity contribution < 1.29 is 24.9 Å². The zero-order valence-corrected chi connectivity index (χ0v) is 7.28. The molecule has 0 spiro atoms. The number of hydrogen-bond acceptors (Lipinski definition) is 4. The number of carbonyl (C=O) groups excluding carboxylic acids is 1. The Bertz CT molecular complexity index is 142. The topological polar surface area (TPSA) is 119 Å². The molecular weight excluding hydrogens is 180 g/mol. The summed E-state index contributed by atoms with van der Waals surface area (Å²) in [5.41, 5.74) is 0. The van der Waals surface area contributed by atoms with Crippen molar-refractivity contribution in [2.45, 2.75) is 13.3 Å². The molecule has 0 atom stereocenters. The van der Waals surface area contributed by atoms with Gasteiger partial charge in [0.05, 0.1) is 0 Å². The van der Waals surface area contributed by atoms with E-state index in [1.165, 1.54) is 0 Å². The van der Waals surface area contributed by atoms with Gasteiger partial charge in [0.15, 0.2) is 0 Å². The van der Waals surface area contributed by atoms with Crippen LogP contribution in [0, 0.1) is 0 Å². The second-order valence-electron chi connectivity index (χ2n) is 1.75. The molecule has 0 unspecified atom stereocenters. The second kappa shape index (κ2) is 10.7. The van der Waals surface area contributed by atoms with Gasteiger partial charge in [-0.1, -0.05) is 6.92 Å². The monoisotopic (exact) mass is 194 g/mol. The number of aliphatic carboxylic acids is 1. The third kappa shape index (κ3) is 18.0. The maximum absolute atomic E-state index is 10.1. The average molecular weight is 194 g/mol. The Morgan fingerprint density at radius 2 is 1.46 bits per heavy atom. The summed E-state index contributed by atoms with van der Waals surface area (Å²) >= 11 is 0. The minimum Gasteiger partial charge on any atom is -0.481 e. The number of carboxylic acids is 1. The molecule has 0 bridgehead atoms. The number of urea groups is 1. The SMILES string of the molecule is CCC(=O)O.O=C(NCO)NCO. The van der Waals surface area contributed by atoms with Gasteiger partial charge in [-0.05, 0) is 0 Å². The number of hydrogen-bond donors (Lipinski definition) is 5. The van der Waals surface area contributed by atoms with Crippen molar-refractivity contribution >= 4 is 12.0 Å². The lowest BCUT2D eigenvalue weighted by Gasteiger charge is -1.98. The van der Waals surface area contributed by atoms with Crippen LogP contribution in [0.5, 0.6) is 0 Å². The molecule has 0 fully saturated rings. The Morgan fingerprint density at radius 3 is 1.62 bits per heavy atom. The van der Waals surface area contributed by atoms with Crippen LogP contribution in [0.25, 0.3) is 0 Å². The number of amides is 2. The Labute approximate surface area is 75.4 Å². The van der Waals surface area contributed by atoms with Crippen LogP contribution in [-0.2, 0) is 4.79 Å². The molecule has 78 valence electrons. The molecule has 0 rings (SSSR count). The lowest BCUT2D eigenvalue weighted by atomic mass is 10.5. The Hall–Kier alpha value is -1.34. The normalized spacial score (nSPS) is 7.92. The number of rotatable bonds is 3. The first kappa shape index (κ1) is 14.2. The van der Waals surface area contributed by atoms with Gasteiger partial charge in [-0.2, -0.15) is 0 Å². The molecule has 0 aromatic heterocycles. The van der Waals surface area contributed by atoms with Crippen LogP contribution in [0.3, 0.4) is 0 Å². The van der Waals surface area contributed by atoms with Crippen molar-refractivity contribution in [1.29, 1.82) is 0 Å². The van der Waals surface area contributed by atoms with E-state index in [4.69, 9.17) is 15.3 Å². The molecule has 0 aliphatic rings. The van der Waals surface area contributed by atoms with Gasteiger partial charge < -0.3 is 26.0 Å². The fourth-order valence-corrected chi connectivity index (χ4v) is 0.206. The lowest BCUT2D eigenvalue weighted by molar-refractivity contribution is -0.136. The fourth-order valence-electron chi connectivity index (χ4n) is 0.206. The van der Waals surface area contributed by atoms with Gasteiger partial charge in [0.2, 0.25) is 0 Å². The van der Waals surface area contributed by atoms with Gasteiger partial charge in [-0.25, -0.2) is 4.79 Å².